The molecule has 0 aliphatic carbocycles. The second-order valence-corrected chi connectivity index (χ2v) is 18.2. The molecule has 1 aromatic rings. The van der Waals surface area contributed by atoms with Gasteiger partial charge in [0.2, 0.25) is 29.5 Å². The highest BCUT2D eigenvalue weighted by molar-refractivity contribution is 6.12. The number of nitrogens with zero attached hydrogens (tertiary/aromatic N) is 3. The summed E-state index contributed by atoms with van der Waals surface area (Å²) in [6.45, 7) is 13.1. The molecule has 362 valence electrons. The number of rotatable bonds is 26. The number of imide groups is 1. The monoisotopic (exact) mass is 911 g/mol. The summed E-state index contributed by atoms with van der Waals surface area (Å²) in [5.41, 5.74) is -0.513. The Morgan fingerprint density at radius 3 is 2.11 bits per heavy atom. The summed E-state index contributed by atoms with van der Waals surface area (Å²) in [5, 5.41) is 8.50. The molecule has 0 aromatic heterocycles. The van der Waals surface area contributed by atoms with E-state index in [0.717, 1.165) is 10.5 Å². The van der Waals surface area contributed by atoms with Crippen molar-refractivity contribution in [2.24, 2.45) is 17.8 Å². The molecule has 1 saturated heterocycles. The number of carbonyl (C=O) groups excluding carboxylic acids is 8. The lowest BCUT2D eigenvalue weighted by Gasteiger charge is -2.41. The van der Waals surface area contributed by atoms with Crippen LogP contribution in [-0.2, 0) is 59.0 Å². The number of ether oxygens (including phenoxy) is 3. The van der Waals surface area contributed by atoms with E-state index in [4.69, 9.17) is 14.2 Å². The Bertz CT molecular complexity index is 1820. The van der Waals surface area contributed by atoms with E-state index in [0.29, 0.717) is 45.1 Å². The fraction of sp³-hybridized carbons (Fsp3) is 0.667. The van der Waals surface area contributed by atoms with Crippen LogP contribution in [0.4, 0.5) is 0 Å². The van der Waals surface area contributed by atoms with E-state index in [1.807, 2.05) is 58.0 Å². The van der Waals surface area contributed by atoms with Crippen LogP contribution in [0.5, 0.6) is 0 Å². The fourth-order valence-corrected chi connectivity index (χ4v) is 8.70. The smallest absolute Gasteiger partial charge is 0.328 e. The predicted molar refractivity (Wildman–Crippen MR) is 244 cm³/mol. The number of methoxy groups -OCH3 is 3. The van der Waals surface area contributed by atoms with E-state index >= 15 is 0 Å². The van der Waals surface area contributed by atoms with Crippen molar-refractivity contribution in [2.45, 2.75) is 148 Å². The number of benzene rings is 1. The van der Waals surface area contributed by atoms with Crippen LogP contribution >= 0.6 is 0 Å². The van der Waals surface area contributed by atoms with Gasteiger partial charge in [-0.3, -0.25) is 38.5 Å². The first-order valence-corrected chi connectivity index (χ1v) is 22.9. The Hall–Kier alpha value is -5.16. The Morgan fingerprint density at radius 1 is 0.892 bits per heavy atom. The summed E-state index contributed by atoms with van der Waals surface area (Å²) >= 11 is 0. The van der Waals surface area contributed by atoms with Crippen molar-refractivity contribution >= 4 is 47.3 Å². The van der Waals surface area contributed by atoms with Gasteiger partial charge >= 0.3 is 5.97 Å². The van der Waals surface area contributed by atoms with Gasteiger partial charge in [-0.1, -0.05) is 77.8 Å². The number of amides is 7. The Kier molecular flexibility index (Phi) is 21.3. The predicted octanol–water partition coefficient (Wildman–Crippen LogP) is 3.33. The maximum absolute atomic E-state index is 14.4. The van der Waals surface area contributed by atoms with Crippen molar-refractivity contribution in [1.29, 1.82) is 0 Å². The van der Waals surface area contributed by atoms with Gasteiger partial charge in [0, 0.05) is 59.4 Å². The largest absolute Gasteiger partial charge is 0.467 e. The molecule has 1 aromatic carbocycles. The maximum atomic E-state index is 14.4. The second-order valence-electron chi connectivity index (χ2n) is 18.2. The average Bonchev–Trinajstić information content (AvgIpc) is 3.89. The molecule has 3 N–H and O–H groups in total. The third-order valence-corrected chi connectivity index (χ3v) is 12.8. The Morgan fingerprint density at radius 2 is 1.54 bits per heavy atom. The van der Waals surface area contributed by atoms with Crippen LogP contribution in [0.2, 0.25) is 0 Å². The quantitative estimate of drug-likeness (QED) is 0.0698. The van der Waals surface area contributed by atoms with Gasteiger partial charge in [0.05, 0.1) is 43.7 Å². The molecular formula is C48H74N6O11. The molecule has 8 atom stereocenters. The molecule has 8 unspecified atom stereocenters. The highest BCUT2D eigenvalue weighted by atomic mass is 16.5. The van der Waals surface area contributed by atoms with Crippen molar-refractivity contribution in [3.8, 4) is 0 Å². The van der Waals surface area contributed by atoms with E-state index in [1.54, 1.807) is 37.6 Å². The summed E-state index contributed by atoms with van der Waals surface area (Å²) < 4.78 is 16.9. The van der Waals surface area contributed by atoms with E-state index in [1.165, 1.54) is 33.5 Å². The zero-order valence-electron chi connectivity index (χ0n) is 40.3. The van der Waals surface area contributed by atoms with Gasteiger partial charge in [0.25, 0.3) is 11.8 Å². The zero-order chi connectivity index (χ0) is 48.6. The van der Waals surface area contributed by atoms with E-state index in [-0.39, 0.29) is 67.2 Å². The highest BCUT2D eigenvalue weighted by Gasteiger charge is 2.44. The SMILES string of the molecule is CCC(C)C(C(CC(=O)N1CCCC1C(OC)C(C)C(=O)NC(Cc1ccccc1)C(=O)OC)OC)N(C)C(=O)C(NC(=O)C(C)(C)NC(=O)CCCCCN1C(=O)C=CC1=O)C(C)C. The molecule has 0 spiro atoms. The zero-order valence-corrected chi connectivity index (χ0v) is 40.3. The van der Waals surface area contributed by atoms with Crippen LogP contribution in [-0.4, -0.2) is 145 Å². The molecule has 17 heteroatoms. The fourth-order valence-electron chi connectivity index (χ4n) is 8.70. The normalized spacial score (nSPS) is 18.4. The number of esters is 1. The van der Waals surface area contributed by atoms with Crippen LogP contribution in [0.3, 0.4) is 0 Å². The molecule has 1 fully saturated rings. The van der Waals surface area contributed by atoms with Crippen molar-refractivity contribution in [3.05, 3.63) is 48.0 Å². The van der Waals surface area contributed by atoms with Crippen LogP contribution < -0.4 is 16.0 Å². The lowest BCUT2D eigenvalue weighted by molar-refractivity contribution is -0.149. The molecule has 2 aliphatic heterocycles. The molecule has 2 aliphatic rings. The van der Waals surface area contributed by atoms with Crippen LogP contribution in [0.15, 0.2) is 42.5 Å². The lowest BCUT2D eigenvalue weighted by Crippen LogP contribution is -2.62. The highest BCUT2D eigenvalue weighted by Crippen LogP contribution is 2.30. The summed E-state index contributed by atoms with van der Waals surface area (Å²) in [5.74, 6) is -4.39. The van der Waals surface area contributed by atoms with Crippen LogP contribution in [0.25, 0.3) is 0 Å². The standard InChI is InChI=1S/C48H74N6O11/c1-12-31(4)42(52(8)45(60)41(30(2)3)50-47(62)48(6,7)51-37(55)23-17-14-18-26-54-38(56)24-25-39(54)57)36(63-9)29-40(58)53-27-19-22-35(53)43(64-10)32(5)44(59)49-34(46(61)65-11)28-33-20-15-13-16-21-33/h13,15-16,20-21,24-25,30-32,34-36,41-43H,12,14,17-19,22-23,26-29H2,1-11H3,(H,49,59)(H,50,62)(H,51,55). The summed E-state index contributed by atoms with van der Waals surface area (Å²) in [4.78, 5) is 110. The Labute approximate surface area is 385 Å². The summed E-state index contributed by atoms with van der Waals surface area (Å²) in [7, 11) is 5.93. The number of unbranched alkanes of at least 4 members (excludes halogenated alkanes) is 2. The molecule has 65 heavy (non-hydrogen) atoms. The summed E-state index contributed by atoms with van der Waals surface area (Å²) in [6.07, 6.45) is 4.90. The first-order valence-electron chi connectivity index (χ1n) is 22.9. The van der Waals surface area contributed by atoms with E-state index in [9.17, 15) is 38.4 Å². The number of hydrogen-bond acceptors (Lipinski definition) is 11. The molecule has 3 rings (SSSR count). The van der Waals surface area contributed by atoms with Crippen molar-refractivity contribution in [1.82, 2.24) is 30.7 Å². The Balaban J connectivity index is 1.68. The summed E-state index contributed by atoms with van der Waals surface area (Å²) in [6, 6.07) is 6.38. The van der Waals surface area contributed by atoms with Crippen molar-refractivity contribution in [2.75, 3.05) is 41.5 Å². The van der Waals surface area contributed by atoms with Gasteiger partial charge in [0.1, 0.15) is 17.6 Å². The maximum Gasteiger partial charge on any atom is 0.328 e. The first-order chi connectivity index (χ1) is 30.7. The molecule has 7 amide bonds. The van der Waals surface area contributed by atoms with Gasteiger partial charge in [0.15, 0.2) is 0 Å². The minimum atomic E-state index is -1.36. The average molecular weight is 911 g/mol. The molecule has 2 heterocycles. The van der Waals surface area contributed by atoms with Gasteiger partial charge in [-0.25, -0.2) is 4.79 Å². The van der Waals surface area contributed by atoms with E-state index in [2.05, 4.69) is 16.0 Å². The topological polar surface area (TPSA) is 210 Å². The number of carbonyl (C=O) groups is 8. The van der Waals surface area contributed by atoms with Gasteiger partial charge < -0.3 is 40.0 Å². The van der Waals surface area contributed by atoms with Crippen molar-refractivity contribution in [3.63, 3.8) is 0 Å². The van der Waals surface area contributed by atoms with Crippen LogP contribution in [0.1, 0.15) is 105 Å². The van der Waals surface area contributed by atoms with Gasteiger partial charge in [-0.2, -0.15) is 0 Å². The minimum absolute atomic E-state index is 0.0678. The molecule has 0 bridgehead atoms. The van der Waals surface area contributed by atoms with Crippen molar-refractivity contribution < 1.29 is 52.6 Å². The van der Waals surface area contributed by atoms with Gasteiger partial charge in [-0.15, -0.1) is 0 Å². The number of likely N-dealkylation sites (tertiary alicyclic amines) is 1. The third-order valence-electron chi connectivity index (χ3n) is 12.8. The van der Waals surface area contributed by atoms with Gasteiger partial charge in [-0.05, 0) is 56.9 Å². The lowest BCUT2D eigenvalue weighted by atomic mass is 9.89. The third kappa shape index (κ3) is 14.9. The van der Waals surface area contributed by atoms with Crippen LogP contribution in [0, 0.1) is 17.8 Å². The molecular weight excluding hydrogens is 837 g/mol. The minimum Gasteiger partial charge on any atom is -0.467 e. The first kappa shape index (κ1) is 54.2. The number of likely N-dealkylation sites (N-methyl/N-ethyl adjacent to an activating group) is 1. The number of nitrogens with one attached hydrogen (secondary N) is 3. The van der Waals surface area contributed by atoms with E-state index < -0.39 is 65.6 Å². The molecule has 0 radical (unpaired) electrons. The number of hydrogen-bond donors (Lipinski definition) is 3. The molecule has 17 nitrogen and oxygen atoms in total. The second kappa shape index (κ2) is 25.5. The molecule has 0 saturated carbocycles.